The minimum absolute atomic E-state index is 0.102. The average Bonchev–Trinajstić information content (AvgIpc) is 2.50. The lowest BCUT2D eigenvalue weighted by atomic mass is 9.79. The van der Waals surface area contributed by atoms with Gasteiger partial charge < -0.3 is 14.4 Å². The summed E-state index contributed by atoms with van der Waals surface area (Å²) in [4.78, 5) is 14.5. The molecule has 4 nitrogen and oxygen atoms in total. The van der Waals surface area contributed by atoms with E-state index in [-0.39, 0.29) is 11.5 Å². The summed E-state index contributed by atoms with van der Waals surface area (Å²) >= 11 is 0. The molecule has 4 heteroatoms. The predicted molar refractivity (Wildman–Crippen MR) is 85.0 cm³/mol. The number of aryl methyl sites for hydroxylation is 1. The van der Waals surface area contributed by atoms with Crippen molar-refractivity contribution in [2.75, 3.05) is 33.4 Å². The monoisotopic (exact) mass is 303 g/mol. The number of rotatable bonds is 4. The lowest BCUT2D eigenvalue weighted by Gasteiger charge is -2.53. The van der Waals surface area contributed by atoms with Gasteiger partial charge in [0.1, 0.15) is 5.60 Å². The van der Waals surface area contributed by atoms with E-state index in [1.54, 1.807) is 7.11 Å². The molecule has 2 fully saturated rings. The van der Waals surface area contributed by atoms with Crippen molar-refractivity contribution in [2.45, 2.75) is 31.8 Å². The summed E-state index contributed by atoms with van der Waals surface area (Å²) in [5.41, 5.74) is 1.75. The van der Waals surface area contributed by atoms with Crippen molar-refractivity contribution in [3.63, 3.8) is 0 Å². The lowest BCUT2D eigenvalue weighted by Crippen LogP contribution is -2.66. The van der Waals surface area contributed by atoms with Crippen LogP contribution in [0.5, 0.6) is 0 Å². The fourth-order valence-electron chi connectivity index (χ4n) is 3.66. The number of carbonyl (C=O) groups is 1. The standard InChI is InChI=1S/C18H25NO3/c1-14-5-3-4-6-16(14)17(20)19-12-18(13-19)11-15(7-9-21-2)8-10-22-18/h3-6,15H,7-13H2,1-2H3/t15-/m1/s1. The maximum absolute atomic E-state index is 12.6. The van der Waals surface area contributed by atoms with Crippen molar-refractivity contribution in [3.8, 4) is 0 Å². The third-order valence-corrected chi connectivity index (χ3v) is 4.95. The molecule has 2 heterocycles. The van der Waals surface area contributed by atoms with Crippen molar-refractivity contribution >= 4 is 5.91 Å². The number of likely N-dealkylation sites (tertiary alicyclic amines) is 1. The van der Waals surface area contributed by atoms with E-state index in [1.807, 2.05) is 36.1 Å². The Hall–Kier alpha value is -1.39. The van der Waals surface area contributed by atoms with E-state index in [2.05, 4.69) is 0 Å². The topological polar surface area (TPSA) is 38.8 Å². The zero-order chi connectivity index (χ0) is 15.6. The fraction of sp³-hybridized carbons (Fsp3) is 0.611. The van der Waals surface area contributed by atoms with E-state index < -0.39 is 0 Å². The zero-order valence-electron chi connectivity index (χ0n) is 13.5. The molecule has 0 bridgehead atoms. The smallest absolute Gasteiger partial charge is 0.254 e. The third kappa shape index (κ3) is 3.03. The van der Waals surface area contributed by atoms with E-state index in [9.17, 15) is 4.79 Å². The number of carbonyl (C=O) groups excluding carboxylic acids is 1. The second kappa shape index (κ2) is 6.39. The van der Waals surface area contributed by atoms with Crippen LogP contribution in [0.1, 0.15) is 35.2 Å². The number of hydrogen-bond donors (Lipinski definition) is 0. The van der Waals surface area contributed by atoms with Crippen LogP contribution < -0.4 is 0 Å². The minimum atomic E-state index is -0.102. The number of amides is 1. The van der Waals surface area contributed by atoms with Crippen LogP contribution in [0.3, 0.4) is 0 Å². The first-order valence-corrected chi connectivity index (χ1v) is 8.11. The number of methoxy groups -OCH3 is 1. The molecule has 0 aromatic heterocycles. The van der Waals surface area contributed by atoms with Crippen molar-refractivity contribution in [1.82, 2.24) is 4.90 Å². The van der Waals surface area contributed by atoms with Gasteiger partial charge in [-0.15, -0.1) is 0 Å². The third-order valence-electron chi connectivity index (χ3n) is 4.95. The normalized spacial score (nSPS) is 23.4. The summed E-state index contributed by atoms with van der Waals surface area (Å²) in [6.45, 7) is 5.06. The molecule has 1 aromatic carbocycles. The van der Waals surface area contributed by atoms with Crippen LogP contribution in [0, 0.1) is 12.8 Å². The molecular weight excluding hydrogens is 278 g/mol. The number of hydrogen-bond acceptors (Lipinski definition) is 3. The highest BCUT2D eigenvalue weighted by molar-refractivity contribution is 5.96. The van der Waals surface area contributed by atoms with E-state index in [0.29, 0.717) is 5.92 Å². The van der Waals surface area contributed by atoms with Crippen LogP contribution in [-0.4, -0.2) is 49.8 Å². The average molecular weight is 303 g/mol. The minimum Gasteiger partial charge on any atom is -0.385 e. The molecule has 22 heavy (non-hydrogen) atoms. The summed E-state index contributed by atoms with van der Waals surface area (Å²) in [5, 5.41) is 0. The Morgan fingerprint density at radius 3 is 2.91 bits per heavy atom. The number of ether oxygens (including phenoxy) is 2. The SMILES string of the molecule is COCC[C@@H]1CCOC2(C1)CN(C(=O)c1ccccc1C)C2. The van der Waals surface area contributed by atoms with E-state index in [4.69, 9.17) is 9.47 Å². The van der Waals surface area contributed by atoms with E-state index in [0.717, 1.165) is 56.7 Å². The Bertz CT molecular complexity index is 537. The summed E-state index contributed by atoms with van der Waals surface area (Å²) in [6.07, 6.45) is 3.25. The van der Waals surface area contributed by atoms with Crippen LogP contribution >= 0.6 is 0 Å². The maximum atomic E-state index is 12.6. The van der Waals surface area contributed by atoms with Gasteiger partial charge in [0.2, 0.25) is 0 Å². The molecular formula is C18H25NO3. The van der Waals surface area contributed by atoms with Gasteiger partial charge in [0.15, 0.2) is 0 Å². The molecule has 0 aliphatic carbocycles. The molecule has 1 amide bonds. The first-order valence-electron chi connectivity index (χ1n) is 8.11. The summed E-state index contributed by atoms with van der Waals surface area (Å²) in [6, 6.07) is 7.79. The molecule has 120 valence electrons. The summed E-state index contributed by atoms with van der Waals surface area (Å²) in [7, 11) is 1.75. The highest BCUT2D eigenvalue weighted by atomic mass is 16.5. The first kappa shape index (κ1) is 15.5. The molecule has 0 radical (unpaired) electrons. The highest BCUT2D eigenvalue weighted by Gasteiger charge is 2.49. The quantitative estimate of drug-likeness (QED) is 0.858. The van der Waals surface area contributed by atoms with Gasteiger partial charge in [0.25, 0.3) is 5.91 Å². The van der Waals surface area contributed by atoms with E-state index in [1.165, 1.54) is 0 Å². The Labute approximate surface area is 132 Å². The Morgan fingerprint density at radius 2 is 2.18 bits per heavy atom. The highest BCUT2D eigenvalue weighted by Crippen LogP contribution is 2.38. The van der Waals surface area contributed by atoms with Crippen LogP contribution in [0.25, 0.3) is 0 Å². The van der Waals surface area contributed by atoms with Gasteiger partial charge in [-0.3, -0.25) is 4.79 Å². The van der Waals surface area contributed by atoms with E-state index >= 15 is 0 Å². The number of nitrogens with zero attached hydrogens (tertiary/aromatic N) is 1. The van der Waals surface area contributed by atoms with Gasteiger partial charge in [-0.05, 0) is 43.7 Å². The summed E-state index contributed by atoms with van der Waals surface area (Å²) < 4.78 is 11.2. The van der Waals surface area contributed by atoms with Crippen LogP contribution in [-0.2, 0) is 9.47 Å². The largest absolute Gasteiger partial charge is 0.385 e. The van der Waals surface area contributed by atoms with Crippen LogP contribution in [0.15, 0.2) is 24.3 Å². The Morgan fingerprint density at radius 1 is 1.41 bits per heavy atom. The second-order valence-corrected chi connectivity index (χ2v) is 6.65. The fourth-order valence-corrected chi connectivity index (χ4v) is 3.66. The van der Waals surface area contributed by atoms with Crippen molar-refractivity contribution in [3.05, 3.63) is 35.4 Å². The summed E-state index contributed by atoms with van der Waals surface area (Å²) in [5.74, 6) is 0.788. The van der Waals surface area contributed by atoms with Gasteiger partial charge in [-0.1, -0.05) is 18.2 Å². The molecule has 0 saturated carbocycles. The van der Waals surface area contributed by atoms with Gasteiger partial charge in [0, 0.05) is 25.9 Å². The first-order chi connectivity index (χ1) is 10.6. The Balaban J connectivity index is 1.59. The molecule has 0 N–H and O–H groups in total. The molecule has 3 rings (SSSR count). The molecule has 2 aliphatic rings. The van der Waals surface area contributed by atoms with Gasteiger partial charge >= 0.3 is 0 Å². The lowest BCUT2D eigenvalue weighted by molar-refractivity contribution is -0.167. The zero-order valence-corrected chi connectivity index (χ0v) is 13.5. The van der Waals surface area contributed by atoms with Gasteiger partial charge in [-0.25, -0.2) is 0 Å². The molecule has 1 spiro atoms. The molecule has 2 saturated heterocycles. The van der Waals surface area contributed by atoms with Crippen LogP contribution in [0.2, 0.25) is 0 Å². The maximum Gasteiger partial charge on any atom is 0.254 e. The molecule has 0 unspecified atom stereocenters. The molecule has 1 atom stereocenters. The van der Waals surface area contributed by atoms with Gasteiger partial charge in [-0.2, -0.15) is 0 Å². The predicted octanol–water partition coefficient (Wildman–Crippen LogP) is 2.65. The van der Waals surface area contributed by atoms with Crippen LogP contribution in [0.4, 0.5) is 0 Å². The van der Waals surface area contributed by atoms with Crippen molar-refractivity contribution in [1.29, 1.82) is 0 Å². The Kier molecular flexibility index (Phi) is 4.50. The molecule has 1 aromatic rings. The second-order valence-electron chi connectivity index (χ2n) is 6.65. The van der Waals surface area contributed by atoms with Crippen molar-refractivity contribution in [2.24, 2.45) is 5.92 Å². The van der Waals surface area contributed by atoms with Crippen molar-refractivity contribution < 1.29 is 14.3 Å². The molecule has 2 aliphatic heterocycles. The number of benzene rings is 1. The van der Waals surface area contributed by atoms with Gasteiger partial charge in [0.05, 0.1) is 13.1 Å².